The molecule has 3 rings (SSSR count). The highest BCUT2D eigenvalue weighted by molar-refractivity contribution is 5.79. The van der Waals surface area contributed by atoms with Crippen LogP contribution >= 0.6 is 0 Å². The average molecular weight is 331 g/mol. The summed E-state index contributed by atoms with van der Waals surface area (Å²) in [5.74, 6) is 0.359. The zero-order valence-corrected chi connectivity index (χ0v) is 14.4. The normalized spacial score (nSPS) is 29.4. The molecule has 5 nitrogen and oxygen atoms in total. The van der Waals surface area contributed by atoms with Crippen molar-refractivity contribution in [2.45, 2.75) is 51.0 Å². The van der Waals surface area contributed by atoms with Gasteiger partial charge in [-0.2, -0.15) is 0 Å². The Kier molecular flexibility index (Phi) is 5.39. The van der Waals surface area contributed by atoms with Crippen molar-refractivity contribution >= 4 is 12.2 Å². The van der Waals surface area contributed by atoms with E-state index in [0.29, 0.717) is 19.0 Å². The predicted molar refractivity (Wildman–Crippen MR) is 94.1 cm³/mol. The van der Waals surface area contributed by atoms with Crippen LogP contribution in [0.5, 0.6) is 0 Å². The molecule has 0 aromatic rings. The molecule has 5 heteroatoms. The summed E-state index contributed by atoms with van der Waals surface area (Å²) < 4.78 is 0. The summed E-state index contributed by atoms with van der Waals surface area (Å²) >= 11 is 0. The van der Waals surface area contributed by atoms with E-state index < -0.39 is 5.41 Å². The molecule has 0 bridgehead atoms. The number of aldehydes is 1. The molecule has 132 valence electrons. The Bertz CT molecular complexity index is 529. The van der Waals surface area contributed by atoms with Gasteiger partial charge in [-0.3, -0.25) is 4.79 Å². The van der Waals surface area contributed by atoms with Gasteiger partial charge in [0.05, 0.1) is 5.41 Å². The minimum Gasteiger partial charge on any atom is -0.402 e. The van der Waals surface area contributed by atoms with Crippen LogP contribution in [-0.2, 0) is 9.59 Å². The second kappa shape index (κ2) is 7.51. The molecule has 1 amide bonds. The number of carbonyl (C=O) groups is 2. The van der Waals surface area contributed by atoms with E-state index in [1.807, 2.05) is 18.2 Å². The van der Waals surface area contributed by atoms with E-state index in [-0.39, 0.29) is 11.8 Å². The van der Waals surface area contributed by atoms with Gasteiger partial charge in [-0.25, -0.2) is 0 Å². The van der Waals surface area contributed by atoms with E-state index in [1.165, 1.54) is 12.8 Å². The monoisotopic (exact) mass is 331 g/mol. The lowest BCUT2D eigenvalue weighted by atomic mass is 9.80. The molecule has 1 heterocycles. The van der Waals surface area contributed by atoms with Gasteiger partial charge in [0.2, 0.25) is 5.91 Å². The molecule has 2 aliphatic carbocycles. The molecule has 0 aromatic carbocycles. The fraction of sp³-hybridized carbons (Fsp3) is 0.684. The Morgan fingerprint density at radius 3 is 2.62 bits per heavy atom. The van der Waals surface area contributed by atoms with E-state index in [4.69, 9.17) is 5.73 Å². The van der Waals surface area contributed by atoms with Gasteiger partial charge in [0.15, 0.2) is 0 Å². The number of carbonyl (C=O) groups excluding carboxylic acids is 2. The summed E-state index contributed by atoms with van der Waals surface area (Å²) in [4.78, 5) is 26.3. The van der Waals surface area contributed by atoms with Crippen LogP contribution in [0.25, 0.3) is 0 Å². The van der Waals surface area contributed by atoms with E-state index in [9.17, 15) is 9.59 Å². The van der Waals surface area contributed by atoms with Crippen LogP contribution in [0.2, 0.25) is 0 Å². The maximum absolute atomic E-state index is 12.4. The molecule has 1 unspecified atom stereocenters. The summed E-state index contributed by atoms with van der Waals surface area (Å²) in [6.07, 6.45) is 13.8. The Hall–Kier alpha value is -1.62. The third-order valence-electron chi connectivity index (χ3n) is 5.68. The van der Waals surface area contributed by atoms with Gasteiger partial charge in [0, 0.05) is 30.6 Å². The molecular weight excluding hydrogens is 302 g/mol. The van der Waals surface area contributed by atoms with Gasteiger partial charge in [-0.05, 0) is 44.8 Å². The van der Waals surface area contributed by atoms with Crippen LogP contribution in [0.4, 0.5) is 0 Å². The smallest absolute Gasteiger partial charge is 0.223 e. The predicted octanol–water partition coefficient (Wildman–Crippen LogP) is 1.74. The molecule has 1 saturated heterocycles. The number of amides is 1. The van der Waals surface area contributed by atoms with E-state index in [0.717, 1.165) is 50.8 Å². The summed E-state index contributed by atoms with van der Waals surface area (Å²) in [6.45, 7) is 2.43. The lowest BCUT2D eigenvalue weighted by molar-refractivity contribution is -0.127. The second-order valence-corrected chi connectivity index (χ2v) is 7.67. The fourth-order valence-corrected chi connectivity index (χ4v) is 4.25. The number of allylic oxidation sites excluding steroid dienone is 3. The van der Waals surface area contributed by atoms with Crippen molar-refractivity contribution in [3.63, 3.8) is 0 Å². The van der Waals surface area contributed by atoms with E-state index in [1.54, 1.807) is 0 Å². The molecule has 0 spiro atoms. The molecule has 1 atom stereocenters. The standard InChI is InChI=1S/C19H29N3O2/c20-16-4-3-9-19(12-16,14-23)13-22-10-7-15(8-11-22)18(24)21-17-5-1-2-6-17/h3-4,9,14-15,17H,1-2,5-8,10-13,20H2,(H,21,24). The topological polar surface area (TPSA) is 75.4 Å². The van der Waals surface area contributed by atoms with Gasteiger partial charge in [0.25, 0.3) is 0 Å². The highest BCUT2D eigenvalue weighted by atomic mass is 16.2. The van der Waals surface area contributed by atoms with Crippen molar-refractivity contribution < 1.29 is 9.59 Å². The minimum absolute atomic E-state index is 0.126. The number of nitrogens with one attached hydrogen (secondary N) is 1. The van der Waals surface area contributed by atoms with Crippen molar-refractivity contribution in [3.05, 3.63) is 23.9 Å². The number of nitrogens with zero attached hydrogens (tertiary/aromatic N) is 1. The van der Waals surface area contributed by atoms with Gasteiger partial charge in [-0.15, -0.1) is 0 Å². The summed E-state index contributed by atoms with van der Waals surface area (Å²) in [5.41, 5.74) is 6.17. The Morgan fingerprint density at radius 1 is 1.29 bits per heavy atom. The molecular formula is C19H29N3O2. The fourth-order valence-electron chi connectivity index (χ4n) is 4.25. The van der Waals surface area contributed by atoms with Crippen LogP contribution in [0.3, 0.4) is 0 Å². The summed E-state index contributed by atoms with van der Waals surface area (Å²) in [6, 6.07) is 0.399. The zero-order chi connectivity index (χ0) is 17.0. The van der Waals surface area contributed by atoms with Gasteiger partial charge >= 0.3 is 0 Å². The molecule has 0 aromatic heterocycles. The SMILES string of the molecule is NC1=CC=CC(C=O)(CN2CCC(C(=O)NC3CCCC3)CC2)C1. The quantitative estimate of drug-likeness (QED) is 0.753. The van der Waals surface area contributed by atoms with Crippen molar-refractivity contribution in [3.8, 4) is 0 Å². The van der Waals surface area contributed by atoms with Crippen LogP contribution in [0.1, 0.15) is 44.9 Å². The third-order valence-corrected chi connectivity index (χ3v) is 5.68. The van der Waals surface area contributed by atoms with Crippen molar-refractivity contribution in [2.75, 3.05) is 19.6 Å². The first-order chi connectivity index (χ1) is 11.6. The number of hydrogen-bond donors (Lipinski definition) is 2. The van der Waals surface area contributed by atoms with Crippen molar-refractivity contribution in [2.24, 2.45) is 17.1 Å². The molecule has 2 fully saturated rings. The highest BCUT2D eigenvalue weighted by Gasteiger charge is 2.34. The van der Waals surface area contributed by atoms with Gasteiger partial charge in [0.1, 0.15) is 6.29 Å². The van der Waals surface area contributed by atoms with Gasteiger partial charge < -0.3 is 20.7 Å². The Morgan fingerprint density at radius 2 is 2.00 bits per heavy atom. The lowest BCUT2D eigenvalue weighted by Gasteiger charge is -2.37. The van der Waals surface area contributed by atoms with Crippen LogP contribution in [0, 0.1) is 11.3 Å². The van der Waals surface area contributed by atoms with Crippen LogP contribution < -0.4 is 11.1 Å². The Labute approximate surface area is 144 Å². The van der Waals surface area contributed by atoms with Crippen molar-refractivity contribution in [1.82, 2.24) is 10.2 Å². The molecule has 3 aliphatic rings. The van der Waals surface area contributed by atoms with Crippen LogP contribution in [-0.4, -0.2) is 42.8 Å². The first-order valence-electron chi connectivity index (χ1n) is 9.23. The number of likely N-dealkylation sites (tertiary alicyclic amines) is 1. The van der Waals surface area contributed by atoms with E-state index in [2.05, 4.69) is 10.2 Å². The largest absolute Gasteiger partial charge is 0.402 e. The third kappa shape index (κ3) is 4.07. The van der Waals surface area contributed by atoms with Crippen molar-refractivity contribution in [1.29, 1.82) is 0 Å². The Balaban J connectivity index is 1.48. The molecule has 1 aliphatic heterocycles. The molecule has 24 heavy (non-hydrogen) atoms. The first-order valence-corrected chi connectivity index (χ1v) is 9.23. The molecule has 3 N–H and O–H groups in total. The zero-order valence-electron chi connectivity index (χ0n) is 14.4. The maximum atomic E-state index is 12.4. The minimum atomic E-state index is -0.502. The second-order valence-electron chi connectivity index (χ2n) is 7.67. The number of piperidine rings is 1. The first kappa shape index (κ1) is 17.2. The lowest BCUT2D eigenvalue weighted by Crippen LogP contribution is -2.46. The molecule has 1 saturated carbocycles. The summed E-state index contributed by atoms with van der Waals surface area (Å²) in [5, 5.41) is 3.22. The van der Waals surface area contributed by atoms with E-state index >= 15 is 0 Å². The number of nitrogens with two attached hydrogens (primary N) is 1. The average Bonchev–Trinajstić information content (AvgIpc) is 3.08. The van der Waals surface area contributed by atoms with Crippen LogP contribution in [0.15, 0.2) is 23.9 Å². The van der Waals surface area contributed by atoms with Gasteiger partial charge in [-0.1, -0.05) is 25.0 Å². The molecule has 0 radical (unpaired) electrons. The number of rotatable bonds is 5. The highest BCUT2D eigenvalue weighted by Crippen LogP contribution is 2.31. The number of hydrogen-bond acceptors (Lipinski definition) is 4. The maximum Gasteiger partial charge on any atom is 0.223 e. The summed E-state index contributed by atoms with van der Waals surface area (Å²) in [7, 11) is 0.